The van der Waals surface area contributed by atoms with E-state index in [-0.39, 0.29) is 28.8 Å². The Morgan fingerprint density at radius 2 is 1.91 bits per heavy atom. The topological polar surface area (TPSA) is 92.5 Å². The Balaban J connectivity index is 1.66. The molecule has 164 valence electrons. The molecule has 0 spiro atoms. The van der Waals surface area contributed by atoms with Gasteiger partial charge in [0.1, 0.15) is 0 Å². The third-order valence-corrected chi connectivity index (χ3v) is 6.84. The number of primary amides is 1. The number of nitrogens with two attached hydrogens (primary N) is 1. The molecule has 0 aliphatic carbocycles. The number of anilines is 2. The number of thiophene rings is 1. The van der Waals surface area contributed by atoms with Crippen molar-refractivity contribution in [1.82, 2.24) is 0 Å². The number of nitrogens with one attached hydrogen (secondary N) is 1. The molecule has 2 heterocycles. The lowest BCUT2D eigenvalue weighted by molar-refractivity contribution is -0.125. The average Bonchev–Trinajstić information content (AvgIpc) is 3.28. The maximum absolute atomic E-state index is 13.4. The van der Waals surface area contributed by atoms with E-state index in [1.807, 2.05) is 48.7 Å². The molecule has 2 aromatic carbocycles. The zero-order chi connectivity index (χ0) is 22.8. The fourth-order valence-electron chi connectivity index (χ4n) is 3.99. The first-order chi connectivity index (χ1) is 15.3. The van der Waals surface area contributed by atoms with Crippen molar-refractivity contribution in [1.29, 1.82) is 0 Å². The highest BCUT2D eigenvalue weighted by atomic mass is 35.5. The molecule has 2 unspecified atom stereocenters. The number of rotatable bonds is 5. The van der Waals surface area contributed by atoms with Crippen LogP contribution in [0.5, 0.6) is 0 Å². The average molecular weight is 468 g/mol. The van der Waals surface area contributed by atoms with Gasteiger partial charge in [-0.15, -0.1) is 11.3 Å². The largest absolute Gasteiger partial charge is 0.366 e. The number of nitrogens with zero attached hydrogens (tertiary/aromatic N) is 1. The summed E-state index contributed by atoms with van der Waals surface area (Å²) in [5, 5.41) is 5.01. The van der Waals surface area contributed by atoms with Gasteiger partial charge in [0.15, 0.2) is 0 Å². The molecule has 32 heavy (non-hydrogen) atoms. The van der Waals surface area contributed by atoms with Crippen molar-refractivity contribution in [3.8, 4) is 0 Å². The van der Waals surface area contributed by atoms with Crippen LogP contribution in [0.2, 0.25) is 5.02 Å². The van der Waals surface area contributed by atoms with Gasteiger partial charge >= 0.3 is 0 Å². The first-order valence-electron chi connectivity index (χ1n) is 10.2. The normalized spacial score (nSPS) is 18.4. The summed E-state index contributed by atoms with van der Waals surface area (Å²) in [6.45, 7) is 1.99. The van der Waals surface area contributed by atoms with Gasteiger partial charge in [-0.05, 0) is 55.1 Å². The van der Waals surface area contributed by atoms with Crippen LogP contribution in [0.25, 0.3) is 0 Å². The maximum atomic E-state index is 13.4. The molecule has 2 atom stereocenters. The number of piperidine rings is 1. The molecule has 0 radical (unpaired) electrons. The second-order valence-corrected chi connectivity index (χ2v) is 9.14. The Bertz CT molecular complexity index is 1160. The molecule has 3 aromatic rings. The zero-order valence-electron chi connectivity index (χ0n) is 17.4. The molecule has 0 bridgehead atoms. The predicted octanol–water partition coefficient (Wildman–Crippen LogP) is 4.93. The SMILES string of the molecule is Cc1ccc(N2C(=O)CCC(C(=O)Nc3ccc(C(N)=O)c(Cl)c3)C2c2cccs2)cc1. The van der Waals surface area contributed by atoms with Crippen LogP contribution in [-0.4, -0.2) is 17.7 Å². The molecule has 6 nitrogen and oxygen atoms in total. The third-order valence-electron chi connectivity index (χ3n) is 5.58. The van der Waals surface area contributed by atoms with E-state index in [4.69, 9.17) is 17.3 Å². The molecule has 1 aliphatic rings. The number of carbonyl (C=O) groups is 3. The van der Waals surface area contributed by atoms with E-state index in [1.54, 1.807) is 11.0 Å². The minimum absolute atomic E-state index is 0.00911. The van der Waals surface area contributed by atoms with Crippen LogP contribution >= 0.6 is 22.9 Å². The molecule has 1 aliphatic heterocycles. The van der Waals surface area contributed by atoms with E-state index in [0.717, 1.165) is 16.1 Å². The Morgan fingerprint density at radius 1 is 1.16 bits per heavy atom. The Labute approximate surface area is 195 Å². The standard InChI is InChI=1S/C24H22ClN3O3S/c1-14-4-7-16(8-5-14)28-21(29)11-10-18(22(28)20-3-2-12-32-20)24(31)27-15-6-9-17(23(26)30)19(25)13-15/h2-9,12-13,18,22H,10-11H2,1H3,(H2,26,30)(H,27,31). The summed E-state index contributed by atoms with van der Waals surface area (Å²) in [6.07, 6.45) is 0.706. The van der Waals surface area contributed by atoms with Crippen molar-refractivity contribution in [2.75, 3.05) is 10.2 Å². The summed E-state index contributed by atoms with van der Waals surface area (Å²) in [5.41, 5.74) is 7.82. The zero-order valence-corrected chi connectivity index (χ0v) is 19.0. The number of amides is 3. The number of halogens is 1. The van der Waals surface area contributed by atoms with Crippen LogP contribution in [0.3, 0.4) is 0 Å². The number of hydrogen-bond donors (Lipinski definition) is 2. The molecule has 3 N–H and O–H groups in total. The lowest BCUT2D eigenvalue weighted by Gasteiger charge is -2.40. The number of hydrogen-bond acceptors (Lipinski definition) is 4. The van der Waals surface area contributed by atoms with Gasteiger partial charge in [0, 0.05) is 22.7 Å². The summed E-state index contributed by atoms with van der Waals surface area (Å²) in [7, 11) is 0. The summed E-state index contributed by atoms with van der Waals surface area (Å²) in [5.74, 6) is -1.31. The van der Waals surface area contributed by atoms with Crippen LogP contribution < -0.4 is 16.0 Å². The van der Waals surface area contributed by atoms with Crippen molar-refractivity contribution in [3.05, 3.63) is 81.0 Å². The lowest BCUT2D eigenvalue weighted by Crippen LogP contribution is -2.46. The van der Waals surface area contributed by atoms with E-state index in [0.29, 0.717) is 12.1 Å². The molecule has 3 amide bonds. The minimum atomic E-state index is -0.634. The first kappa shape index (κ1) is 22.0. The monoisotopic (exact) mass is 467 g/mol. The van der Waals surface area contributed by atoms with Crippen LogP contribution in [0, 0.1) is 12.8 Å². The summed E-state index contributed by atoms with van der Waals surface area (Å²) >= 11 is 7.66. The second kappa shape index (κ2) is 9.14. The molecular formula is C24H22ClN3O3S. The van der Waals surface area contributed by atoms with Crippen molar-refractivity contribution < 1.29 is 14.4 Å². The highest BCUT2D eigenvalue weighted by Gasteiger charge is 2.42. The highest BCUT2D eigenvalue weighted by Crippen LogP contribution is 2.42. The van der Waals surface area contributed by atoms with Gasteiger partial charge < -0.3 is 16.0 Å². The maximum Gasteiger partial charge on any atom is 0.250 e. The van der Waals surface area contributed by atoms with E-state index in [2.05, 4.69) is 5.32 Å². The van der Waals surface area contributed by atoms with E-state index in [9.17, 15) is 14.4 Å². The van der Waals surface area contributed by atoms with E-state index in [1.165, 1.54) is 23.5 Å². The molecule has 8 heteroatoms. The summed E-state index contributed by atoms with van der Waals surface area (Å²) in [4.78, 5) is 40.5. The Kier molecular flexibility index (Phi) is 6.30. The van der Waals surface area contributed by atoms with Crippen molar-refractivity contribution >= 4 is 52.0 Å². The van der Waals surface area contributed by atoms with E-state index < -0.39 is 17.9 Å². The molecule has 1 aromatic heterocycles. The lowest BCUT2D eigenvalue weighted by atomic mass is 9.86. The summed E-state index contributed by atoms with van der Waals surface area (Å²) in [6, 6.07) is 15.8. The number of benzene rings is 2. The fourth-order valence-corrected chi connectivity index (χ4v) is 5.14. The highest BCUT2D eigenvalue weighted by molar-refractivity contribution is 7.10. The first-order valence-corrected chi connectivity index (χ1v) is 11.4. The van der Waals surface area contributed by atoms with Crippen LogP contribution in [0.1, 0.15) is 39.7 Å². The number of carbonyl (C=O) groups excluding carboxylic acids is 3. The van der Waals surface area contributed by atoms with Crippen LogP contribution in [0.4, 0.5) is 11.4 Å². The summed E-state index contributed by atoms with van der Waals surface area (Å²) < 4.78 is 0. The Morgan fingerprint density at radius 3 is 2.53 bits per heavy atom. The van der Waals surface area contributed by atoms with Crippen molar-refractivity contribution in [2.45, 2.75) is 25.8 Å². The quantitative estimate of drug-likeness (QED) is 0.557. The smallest absolute Gasteiger partial charge is 0.250 e. The van der Waals surface area contributed by atoms with Crippen molar-refractivity contribution in [3.63, 3.8) is 0 Å². The molecule has 4 rings (SSSR count). The van der Waals surface area contributed by atoms with Gasteiger partial charge in [0.05, 0.1) is 22.5 Å². The van der Waals surface area contributed by atoms with Gasteiger partial charge in [-0.25, -0.2) is 0 Å². The van der Waals surface area contributed by atoms with E-state index >= 15 is 0 Å². The van der Waals surface area contributed by atoms with Crippen LogP contribution in [-0.2, 0) is 9.59 Å². The van der Waals surface area contributed by atoms with Gasteiger partial charge in [-0.2, -0.15) is 0 Å². The molecule has 1 fully saturated rings. The number of aryl methyl sites for hydroxylation is 1. The van der Waals surface area contributed by atoms with Gasteiger partial charge in [-0.1, -0.05) is 35.4 Å². The minimum Gasteiger partial charge on any atom is -0.366 e. The predicted molar refractivity (Wildman–Crippen MR) is 127 cm³/mol. The van der Waals surface area contributed by atoms with Gasteiger partial charge in [-0.3, -0.25) is 14.4 Å². The molecule has 0 saturated carbocycles. The van der Waals surface area contributed by atoms with Crippen LogP contribution in [0.15, 0.2) is 60.0 Å². The Hall–Kier alpha value is -3.16. The molecular weight excluding hydrogens is 446 g/mol. The van der Waals surface area contributed by atoms with Crippen molar-refractivity contribution in [2.24, 2.45) is 11.7 Å². The fraction of sp³-hybridized carbons (Fsp3) is 0.208. The van der Waals surface area contributed by atoms with Gasteiger partial charge in [0.25, 0.3) is 0 Å². The second-order valence-electron chi connectivity index (χ2n) is 7.75. The third kappa shape index (κ3) is 4.40. The molecule has 1 saturated heterocycles. The van der Waals surface area contributed by atoms with Gasteiger partial charge in [0.2, 0.25) is 17.7 Å².